The van der Waals surface area contributed by atoms with Crippen molar-refractivity contribution in [1.29, 1.82) is 0 Å². The highest BCUT2D eigenvalue weighted by Crippen LogP contribution is 2.18. The maximum Gasteiger partial charge on any atom is 0.320 e. The summed E-state index contributed by atoms with van der Waals surface area (Å²) in [5, 5.41) is 0. The summed E-state index contributed by atoms with van der Waals surface area (Å²) < 4.78 is 23.7. The molecule has 0 amide bonds. The molecule has 5 heteroatoms. The maximum absolute atomic E-state index is 14.0. The summed E-state index contributed by atoms with van der Waals surface area (Å²) in [4.78, 5) is 23.6. The lowest BCUT2D eigenvalue weighted by Crippen LogP contribution is -2.30. The average molecular weight is 282 g/mol. The van der Waals surface area contributed by atoms with Crippen LogP contribution < -0.4 is 0 Å². The van der Waals surface area contributed by atoms with Crippen LogP contribution in [0.15, 0.2) is 18.2 Å². The highest BCUT2D eigenvalue weighted by Gasteiger charge is 2.30. The van der Waals surface area contributed by atoms with E-state index < -0.39 is 23.7 Å². The highest BCUT2D eigenvalue weighted by atomic mass is 19.1. The van der Waals surface area contributed by atoms with Crippen molar-refractivity contribution in [3.63, 3.8) is 0 Å². The SMILES string of the molecule is CCOC(=O)C(Cc1cccc(C)c1F)C(=O)OCC. The molecule has 0 aliphatic rings. The predicted octanol–water partition coefficient (Wildman–Crippen LogP) is 2.42. The molecule has 0 saturated carbocycles. The molecule has 0 aromatic heterocycles. The molecule has 0 fully saturated rings. The Morgan fingerprint density at radius 1 is 1.15 bits per heavy atom. The lowest BCUT2D eigenvalue weighted by atomic mass is 9.97. The normalized spacial score (nSPS) is 10.4. The van der Waals surface area contributed by atoms with E-state index in [0.29, 0.717) is 11.1 Å². The van der Waals surface area contributed by atoms with E-state index in [1.54, 1.807) is 39.0 Å². The molecule has 0 radical (unpaired) electrons. The van der Waals surface area contributed by atoms with Crippen LogP contribution in [0.2, 0.25) is 0 Å². The first kappa shape index (κ1) is 16.1. The Morgan fingerprint density at radius 2 is 1.70 bits per heavy atom. The molecule has 0 unspecified atom stereocenters. The van der Waals surface area contributed by atoms with Crippen molar-refractivity contribution >= 4 is 11.9 Å². The lowest BCUT2D eigenvalue weighted by Gasteiger charge is -2.15. The van der Waals surface area contributed by atoms with Crippen LogP contribution in [0, 0.1) is 18.7 Å². The number of esters is 2. The fourth-order valence-electron chi connectivity index (χ4n) is 1.83. The first-order valence-electron chi connectivity index (χ1n) is 6.58. The summed E-state index contributed by atoms with van der Waals surface area (Å²) in [6.45, 7) is 5.24. The fraction of sp³-hybridized carbons (Fsp3) is 0.467. The third kappa shape index (κ3) is 4.05. The second-order valence-corrected chi connectivity index (χ2v) is 4.31. The summed E-state index contributed by atoms with van der Waals surface area (Å²) in [6, 6.07) is 4.86. The smallest absolute Gasteiger partial charge is 0.320 e. The molecule has 0 spiro atoms. The predicted molar refractivity (Wildman–Crippen MR) is 71.6 cm³/mol. The zero-order valence-corrected chi connectivity index (χ0v) is 11.9. The van der Waals surface area contributed by atoms with Gasteiger partial charge in [0, 0.05) is 0 Å². The van der Waals surface area contributed by atoms with Gasteiger partial charge in [-0.3, -0.25) is 9.59 Å². The van der Waals surface area contributed by atoms with Crippen LogP contribution in [-0.4, -0.2) is 25.2 Å². The van der Waals surface area contributed by atoms with Crippen LogP contribution in [0.1, 0.15) is 25.0 Å². The van der Waals surface area contributed by atoms with Crippen LogP contribution in [-0.2, 0) is 25.5 Å². The van der Waals surface area contributed by atoms with Crippen LogP contribution in [0.5, 0.6) is 0 Å². The summed E-state index contributed by atoms with van der Waals surface area (Å²) in [5.74, 6) is -2.92. The second-order valence-electron chi connectivity index (χ2n) is 4.31. The quantitative estimate of drug-likeness (QED) is 0.594. The van der Waals surface area contributed by atoms with Gasteiger partial charge < -0.3 is 9.47 Å². The molecule has 1 aromatic rings. The molecule has 0 bridgehead atoms. The van der Waals surface area contributed by atoms with Crippen molar-refractivity contribution < 1.29 is 23.5 Å². The molecule has 0 aliphatic heterocycles. The van der Waals surface area contributed by atoms with E-state index in [1.165, 1.54) is 0 Å². The van der Waals surface area contributed by atoms with Gasteiger partial charge in [0.15, 0.2) is 5.92 Å². The van der Waals surface area contributed by atoms with Gasteiger partial charge in [-0.25, -0.2) is 4.39 Å². The molecule has 110 valence electrons. The van der Waals surface area contributed by atoms with E-state index in [2.05, 4.69) is 0 Å². The lowest BCUT2D eigenvalue weighted by molar-refractivity contribution is -0.161. The molecule has 0 atom stereocenters. The largest absolute Gasteiger partial charge is 0.465 e. The Labute approximate surface area is 117 Å². The first-order chi connectivity index (χ1) is 9.51. The Bertz CT molecular complexity index is 467. The molecule has 0 N–H and O–H groups in total. The number of aryl methyl sites for hydroxylation is 1. The zero-order chi connectivity index (χ0) is 15.1. The topological polar surface area (TPSA) is 52.6 Å². The standard InChI is InChI=1S/C15H19FO4/c1-4-19-14(17)12(15(18)20-5-2)9-11-8-6-7-10(3)13(11)16/h6-8,12H,4-5,9H2,1-3H3. The summed E-state index contributed by atoms with van der Waals surface area (Å²) in [5.41, 5.74) is 0.769. The van der Waals surface area contributed by atoms with E-state index >= 15 is 0 Å². The van der Waals surface area contributed by atoms with Crippen LogP contribution in [0.4, 0.5) is 4.39 Å². The van der Waals surface area contributed by atoms with Gasteiger partial charge in [0.2, 0.25) is 0 Å². The van der Waals surface area contributed by atoms with Gasteiger partial charge in [-0.15, -0.1) is 0 Å². The minimum Gasteiger partial charge on any atom is -0.465 e. The monoisotopic (exact) mass is 282 g/mol. The van der Waals surface area contributed by atoms with Crippen LogP contribution in [0.3, 0.4) is 0 Å². The zero-order valence-electron chi connectivity index (χ0n) is 11.9. The van der Waals surface area contributed by atoms with E-state index in [0.717, 1.165) is 0 Å². The fourth-order valence-corrected chi connectivity index (χ4v) is 1.83. The number of halogens is 1. The van der Waals surface area contributed by atoms with E-state index in [9.17, 15) is 14.0 Å². The summed E-state index contributed by atoms with van der Waals surface area (Å²) >= 11 is 0. The van der Waals surface area contributed by atoms with Gasteiger partial charge >= 0.3 is 11.9 Å². The van der Waals surface area contributed by atoms with Gasteiger partial charge in [0.25, 0.3) is 0 Å². The number of ether oxygens (including phenoxy) is 2. The molecule has 20 heavy (non-hydrogen) atoms. The molecule has 1 aromatic carbocycles. The van der Waals surface area contributed by atoms with Crippen molar-refractivity contribution in [3.05, 3.63) is 35.1 Å². The van der Waals surface area contributed by atoms with Crippen molar-refractivity contribution in [1.82, 2.24) is 0 Å². The Morgan fingerprint density at radius 3 is 2.20 bits per heavy atom. The molecule has 4 nitrogen and oxygen atoms in total. The van der Waals surface area contributed by atoms with Gasteiger partial charge in [-0.1, -0.05) is 18.2 Å². The number of hydrogen-bond donors (Lipinski definition) is 0. The number of rotatable bonds is 6. The molecular weight excluding hydrogens is 263 g/mol. The first-order valence-corrected chi connectivity index (χ1v) is 6.58. The minimum atomic E-state index is -1.13. The number of benzene rings is 1. The van der Waals surface area contributed by atoms with E-state index in [-0.39, 0.29) is 19.6 Å². The molecule has 0 aliphatic carbocycles. The van der Waals surface area contributed by atoms with Crippen molar-refractivity contribution in [2.24, 2.45) is 5.92 Å². The number of carbonyl (C=O) groups is 2. The number of hydrogen-bond acceptors (Lipinski definition) is 4. The van der Waals surface area contributed by atoms with E-state index in [4.69, 9.17) is 9.47 Å². The molecule has 0 heterocycles. The van der Waals surface area contributed by atoms with E-state index in [1.807, 2.05) is 0 Å². The maximum atomic E-state index is 14.0. The summed E-state index contributed by atoms with van der Waals surface area (Å²) in [7, 11) is 0. The van der Waals surface area contributed by atoms with Gasteiger partial charge in [-0.05, 0) is 38.3 Å². The van der Waals surface area contributed by atoms with Crippen molar-refractivity contribution in [3.8, 4) is 0 Å². The van der Waals surface area contributed by atoms with Crippen molar-refractivity contribution in [2.45, 2.75) is 27.2 Å². The highest BCUT2D eigenvalue weighted by molar-refractivity contribution is 5.95. The third-order valence-electron chi connectivity index (χ3n) is 2.84. The molecular formula is C15H19FO4. The Hall–Kier alpha value is -1.91. The number of carbonyl (C=O) groups excluding carboxylic acids is 2. The van der Waals surface area contributed by atoms with Crippen LogP contribution >= 0.6 is 0 Å². The Kier molecular flexibility index (Phi) is 6.15. The minimum absolute atomic E-state index is 0.0643. The van der Waals surface area contributed by atoms with Crippen LogP contribution in [0.25, 0.3) is 0 Å². The second kappa shape index (κ2) is 7.62. The molecule has 0 saturated heterocycles. The summed E-state index contributed by atoms with van der Waals surface area (Å²) in [6.07, 6.45) is -0.0643. The third-order valence-corrected chi connectivity index (χ3v) is 2.84. The van der Waals surface area contributed by atoms with Crippen molar-refractivity contribution in [2.75, 3.05) is 13.2 Å². The Balaban J connectivity index is 2.96. The van der Waals surface area contributed by atoms with Gasteiger partial charge in [0.05, 0.1) is 13.2 Å². The molecule has 1 rings (SSSR count). The average Bonchev–Trinajstić information content (AvgIpc) is 2.40. The van der Waals surface area contributed by atoms with Gasteiger partial charge in [-0.2, -0.15) is 0 Å². The van der Waals surface area contributed by atoms with Gasteiger partial charge in [0.1, 0.15) is 5.82 Å².